The summed E-state index contributed by atoms with van der Waals surface area (Å²) in [6.07, 6.45) is 4.95. The van der Waals surface area contributed by atoms with Crippen molar-refractivity contribution in [2.45, 2.75) is 29.9 Å². The standard InChI is InChI=1S/C17H23NO4S2/c1-23(19,20)15-4-2-3-12(7-15)11-24(21,22)18-9-16-13-5-6-14(8-13)17(16)10-18/h2-4,7,13-14,16-17H,5-6,8-11H2,1H3. The van der Waals surface area contributed by atoms with Crippen LogP contribution in [-0.2, 0) is 25.6 Å². The normalized spacial score (nSPS) is 33.0. The van der Waals surface area contributed by atoms with E-state index in [1.165, 1.54) is 31.4 Å². The number of sulfonamides is 1. The molecule has 2 saturated carbocycles. The minimum atomic E-state index is -3.40. The van der Waals surface area contributed by atoms with E-state index in [0.29, 0.717) is 42.3 Å². The van der Waals surface area contributed by atoms with E-state index in [9.17, 15) is 16.8 Å². The van der Waals surface area contributed by atoms with Crippen LogP contribution in [0.25, 0.3) is 0 Å². The number of hydrogen-bond donors (Lipinski definition) is 0. The highest BCUT2D eigenvalue weighted by atomic mass is 32.2. The minimum absolute atomic E-state index is 0.120. The summed E-state index contributed by atoms with van der Waals surface area (Å²) < 4.78 is 50.6. The van der Waals surface area contributed by atoms with Crippen molar-refractivity contribution in [3.63, 3.8) is 0 Å². The first-order valence-corrected chi connectivity index (χ1v) is 12.0. The maximum absolute atomic E-state index is 12.8. The molecule has 7 heteroatoms. The summed E-state index contributed by atoms with van der Waals surface area (Å²) in [5, 5.41) is 0. The Bertz CT molecular complexity index is 844. The average molecular weight is 370 g/mol. The van der Waals surface area contributed by atoms with Gasteiger partial charge >= 0.3 is 0 Å². The number of sulfone groups is 1. The number of fused-ring (bicyclic) bond motifs is 5. The molecule has 3 aliphatic rings. The Morgan fingerprint density at radius 3 is 2.25 bits per heavy atom. The molecule has 1 aromatic rings. The van der Waals surface area contributed by atoms with Gasteiger partial charge in [0.25, 0.3) is 0 Å². The summed E-state index contributed by atoms with van der Waals surface area (Å²) in [4.78, 5) is 0.173. The maximum Gasteiger partial charge on any atom is 0.218 e. The fraction of sp³-hybridized carbons (Fsp3) is 0.647. The second-order valence-corrected chi connectivity index (χ2v) is 11.6. The summed E-state index contributed by atoms with van der Waals surface area (Å²) >= 11 is 0. The quantitative estimate of drug-likeness (QED) is 0.813. The van der Waals surface area contributed by atoms with E-state index in [0.717, 1.165) is 6.26 Å². The van der Waals surface area contributed by atoms with E-state index in [1.807, 2.05) is 0 Å². The van der Waals surface area contributed by atoms with Crippen molar-refractivity contribution in [2.75, 3.05) is 19.3 Å². The number of nitrogens with zero attached hydrogens (tertiary/aromatic N) is 1. The van der Waals surface area contributed by atoms with Crippen molar-refractivity contribution in [3.8, 4) is 0 Å². The van der Waals surface area contributed by atoms with E-state index in [-0.39, 0.29) is 10.6 Å². The highest BCUT2D eigenvalue weighted by Gasteiger charge is 2.53. The Morgan fingerprint density at radius 1 is 1.04 bits per heavy atom. The number of benzene rings is 1. The van der Waals surface area contributed by atoms with Gasteiger partial charge in [-0.1, -0.05) is 12.1 Å². The minimum Gasteiger partial charge on any atom is -0.224 e. The lowest BCUT2D eigenvalue weighted by molar-refractivity contribution is 0.281. The van der Waals surface area contributed by atoms with Gasteiger partial charge in [0, 0.05) is 19.3 Å². The molecule has 0 aromatic heterocycles. The fourth-order valence-corrected chi connectivity index (χ4v) is 7.31. The molecule has 5 nitrogen and oxygen atoms in total. The Hall–Kier alpha value is -0.920. The van der Waals surface area contributed by atoms with Crippen molar-refractivity contribution < 1.29 is 16.8 Å². The molecule has 4 unspecified atom stereocenters. The van der Waals surface area contributed by atoms with Gasteiger partial charge in [0.15, 0.2) is 9.84 Å². The van der Waals surface area contributed by atoms with Crippen LogP contribution in [0.5, 0.6) is 0 Å². The average Bonchev–Trinajstić information content (AvgIpc) is 3.19. The predicted octanol–water partition coefficient (Wildman–Crippen LogP) is 1.90. The van der Waals surface area contributed by atoms with Crippen molar-refractivity contribution >= 4 is 19.9 Å². The number of hydrogen-bond acceptors (Lipinski definition) is 4. The maximum atomic E-state index is 12.8. The van der Waals surface area contributed by atoms with Crippen LogP contribution in [0, 0.1) is 23.7 Å². The van der Waals surface area contributed by atoms with Crippen molar-refractivity contribution in [1.29, 1.82) is 0 Å². The summed E-state index contributed by atoms with van der Waals surface area (Å²) in [6.45, 7) is 1.31. The molecule has 0 radical (unpaired) electrons. The molecule has 1 aromatic carbocycles. The van der Waals surface area contributed by atoms with Gasteiger partial charge in [-0.2, -0.15) is 0 Å². The molecule has 0 spiro atoms. The van der Waals surface area contributed by atoms with Crippen LogP contribution in [-0.4, -0.2) is 40.5 Å². The fourth-order valence-electron chi connectivity index (χ4n) is 5.04. The molecule has 24 heavy (non-hydrogen) atoms. The first-order chi connectivity index (χ1) is 11.2. The summed E-state index contributed by atoms with van der Waals surface area (Å²) in [5.41, 5.74) is 0.540. The van der Waals surface area contributed by atoms with Gasteiger partial charge in [-0.25, -0.2) is 21.1 Å². The smallest absolute Gasteiger partial charge is 0.218 e. The second-order valence-electron chi connectivity index (χ2n) is 7.65. The van der Waals surface area contributed by atoms with E-state index >= 15 is 0 Å². The zero-order chi connectivity index (χ0) is 17.1. The largest absolute Gasteiger partial charge is 0.224 e. The van der Waals surface area contributed by atoms with Gasteiger partial charge in [0.2, 0.25) is 10.0 Å². The summed E-state index contributed by atoms with van der Waals surface area (Å²) in [7, 11) is -6.72. The highest BCUT2D eigenvalue weighted by Crippen LogP contribution is 2.55. The molecule has 0 amide bonds. The van der Waals surface area contributed by atoms with Crippen LogP contribution in [0.2, 0.25) is 0 Å². The van der Waals surface area contributed by atoms with Crippen LogP contribution in [0.15, 0.2) is 29.2 Å². The van der Waals surface area contributed by atoms with Crippen molar-refractivity contribution in [1.82, 2.24) is 4.31 Å². The molecule has 132 valence electrons. The molecule has 4 rings (SSSR count). The molecule has 2 bridgehead atoms. The SMILES string of the molecule is CS(=O)(=O)c1cccc(CS(=O)(=O)N2CC3C4CCC(C4)C3C2)c1. The van der Waals surface area contributed by atoms with Gasteiger partial charge in [-0.15, -0.1) is 0 Å². The highest BCUT2D eigenvalue weighted by molar-refractivity contribution is 7.90. The van der Waals surface area contributed by atoms with Crippen molar-refractivity contribution in [3.05, 3.63) is 29.8 Å². The van der Waals surface area contributed by atoms with Crippen LogP contribution < -0.4 is 0 Å². The lowest BCUT2D eigenvalue weighted by Crippen LogP contribution is -2.31. The Morgan fingerprint density at radius 2 is 1.67 bits per heavy atom. The van der Waals surface area contributed by atoms with Crippen molar-refractivity contribution in [2.24, 2.45) is 23.7 Å². The zero-order valence-corrected chi connectivity index (χ0v) is 15.4. The van der Waals surface area contributed by atoms with Gasteiger partial charge in [0.05, 0.1) is 10.6 Å². The first-order valence-electron chi connectivity index (χ1n) is 8.51. The van der Waals surface area contributed by atoms with E-state index in [2.05, 4.69) is 0 Å². The molecule has 1 aliphatic heterocycles. The summed E-state index contributed by atoms with van der Waals surface area (Å²) in [5.74, 6) is 2.40. The van der Waals surface area contributed by atoms with Crippen LogP contribution in [0.1, 0.15) is 24.8 Å². The third kappa shape index (κ3) is 2.80. The van der Waals surface area contributed by atoms with Crippen LogP contribution >= 0.6 is 0 Å². The molecule has 0 N–H and O–H groups in total. The molecule has 3 fully saturated rings. The number of rotatable bonds is 4. The van der Waals surface area contributed by atoms with Gasteiger partial charge < -0.3 is 0 Å². The molecular weight excluding hydrogens is 346 g/mol. The molecule has 4 atom stereocenters. The predicted molar refractivity (Wildman–Crippen MR) is 91.6 cm³/mol. The Labute approximate surface area is 144 Å². The summed E-state index contributed by atoms with van der Waals surface area (Å²) in [6, 6.07) is 6.28. The van der Waals surface area contributed by atoms with Crippen LogP contribution in [0.4, 0.5) is 0 Å². The Kier molecular flexibility index (Phi) is 3.82. The molecule has 1 heterocycles. The second kappa shape index (κ2) is 5.54. The van der Waals surface area contributed by atoms with Gasteiger partial charge in [-0.3, -0.25) is 0 Å². The molecule has 1 saturated heterocycles. The first kappa shape index (κ1) is 16.5. The topological polar surface area (TPSA) is 71.5 Å². The molecular formula is C17H23NO4S2. The lowest BCUT2D eigenvalue weighted by atomic mass is 9.82. The van der Waals surface area contributed by atoms with E-state index < -0.39 is 19.9 Å². The Balaban J connectivity index is 1.53. The van der Waals surface area contributed by atoms with Crippen LogP contribution in [0.3, 0.4) is 0 Å². The van der Waals surface area contributed by atoms with E-state index in [4.69, 9.17) is 0 Å². The van der Waals surface area contributed by atoms with E-state index in [1.54, 1.807) is 16.4 Å². The molecule has 2 aliphatic carbocycles. The third-order valence-corrected chi connectivity index (χ3v) is 9.07. The zero-order valence-electron chi connectivity index (χ0n) is 13.8. The van der Waals surface area contributed by atoms with Gasteiger partial charge in [0.1, 0.15) is 0 Å². The monoisotopic (exact) mass is 369 g/mol. The van der Waals surface area contributed by atoms with Gasteiger partial charge in [-0.05, 0) is 60.6 Å². The lowest BCUT2D eigenvalue weighted by Gasteiger charge is -2.22. The third-order valence-electron chi connectivity index (χ3n) is 6.17.